The molecule has 1 aliphatic heterocycles. The van der Waals surface area contributed by atoms with E-state index in [2.05, 4.69) is 22.4 Å². The largest absolute Gasteiger partial charge is 0.493 e. The number of nitrogens with zero attached hydrogens (tertiary/aromatic N) is 1. The molecule has 0 bridgehead atoms. The summed E-state index contributed by atoms with van der Waals surface area (Å²) in [5, 5.41) is 2.77. The van der Waals surface area contributed by atoms with Gasteiger partial charge in [0, 0.05) is 31.7 Å². The van der Waals surface area contributed by atoms with Crippen LogP contribution in [-0.2, 0) is 30.2 Å². The van der Waals surface area contributed by atoms with Gasteiger partial charge in [-0.05, 0) is 56.9 Å². The topological polar surface area (TPSA) is 122 Å². The minimum absolute atomic E-state index is 0.00465. The van der Waals surface area contributed by atoms with Crippen molar-refractivity contribution < 1.29 is 38.1 Å². The molecular weight excluding hydrogens is 516 g/mol. The first kappa shape index (κ1) is 29.3. The van der Waals surface area contributed by atoms with E-state index in [0.29, 0.717) is 25.4 Å². The van der Waals surface area contributed by atoms with Gasteiger partial charge in [-0.2, -0.15) is 0 Å². The van der Waals surface area contributed by atoms with E-state index in [0.717, 1.165) is 18.4 Å². The van der Waals surface area contributed by atoms with Gasteiger partial charge in [-0.3, -0.25) is 9.59 Å². The van der Waals surface area contributed by atoms with Crippen LogP contribution >= 0.6 is 0 Å². The minimum atomic E-state index is -0.885. The van der Waals surface area contributed by atoms with Gasteiger partial charge in [0.2, 0.25) is 6.79 Å². The summed E-state index contributed by atoms with van der Waals surface area (Å²) in [7, 11) is 1.42. The number of benzene rings is 1. The monoisotopic (exact) mass is 554 g/mol. The van der Waals surface area contributed by atoms with Crippen LogP contribution in [0.5, 0.6) is 11.5 Å². The summed E-state index contributed by atoms with van der Waals surface area (Å²) in [6.07, 6.45) is 5.79. The van der Waals surface area contributed by atoms with E-state index in [1.165, 1.54) is 39.1 Å². The number of amides is 1. The molecule has 0 spiro atoms. The van der Waals surface area contributed by atoms with Gasteiger partial charge in [-0.25, -0.2) is 9.78 Å². The smallest absolute Gasteiger partial charge is 0.328 e. The molecule has 1 aliphatic carbocycles. The maximum atomic E-state index is 13.3. The van der Waals surface area contributed by atoms with E-state index >= 15 is 0 Å². The first-order valence-corrected chi connectivity index (χ1v) is 13.8. The average Bonchev–Trinajstić information content (AvgIpc) is 3.77. The molecule has 1 aromatic carbocycles. The summed E-state index contributed by atoms with van der Waals surface area (Å²) in [5.41, 5.74) is 1.06. The van der Waals surface area contributed by atoms with Gasteiger partial charge in [0.25, 0.3) is 5.91 Å². The summed E-state index contributed by atoms with van der Waals surface area (Å²) in [4.78, 5) is 41.9. The zero-order chi connectivity index (χ0) is 28.5. The minimum Gasteiger partial charge on any atom is -0.493 e. The summed E-state index contributed by atoms with van der Waals surface area (Å²) in [6.45, 7) is 3.43. The molecule has 40 heavy (non-hydrogen) atoms. The average molecular weight is 555 g/mol. The highest BCUT2D eigenvalue weighted by molar-refractivity contribution is 5.98. The van der Waals surface area contributed by atoms with Gasteiger partial charge in [0.05, 0.1) is 13.2 Å². The second kappa shape index (κ2) is 14.1. The van der Waals surface area contributed by atoms with Crippen LogP contribution in [-0.4, -0.2) is 61.6 Å². The number of carbonyl (C=O) groups excluding carboxylic acids is 3. The molecular formula is C30H38N2O8. The zero-order valence-electron chi connectivity index (χ0n) is 23.3. The summed E-state index contributed by atoms with van der Waals surface area (Å²) in [6, 6.07) is 10.8. The fraction of sp³-hybridized carbons (Fsp3) is 0.533. The number of ether oxygens (including phenoxy) is 5. The quantitative estimate of drug-likeness (QED) is 0.326. The van der Waals surface area contributed by atoms with Crippen molar-refractivity contribution in [1.82, 2.24) is 10.3 Å². The second-order valence-corrected chi connectivity index (χ2v) is 10.4. The lowest BCUT2D eigenvalue weighted by Crippen LogP contribution is -2.44. The SMILES string of the molecule is COc1ccnc(C(=O)N[C@H]2CCC[C@H](OCC3CC3)[C@@H](Cc3ccccc3)[C@H](C)OC2=O)c1OCOC(C)=O. The van der Waals surface area contributed by atoms with Crippen molar-refractivity contribution in [3.8, 4) is 11.5 Å². The van der Waals surface area contributed by atoms with Gasteiger partial charge in [-0.1, -0.05) is 30.3 Å². The predicted octanol–water partition coefficient (Wildman–Crippen LogP) is 3.86. The third kappa shape index (κ3) is 8.17. The highest BCUT2D eigenvalue weighted by atomic mass is 16.7. The Morgan fingerprint density at radius 1 is 1.10 bits per heavy atom. The van der Waals surface area contributed by atoms with E-state index in [1.807, 2.05) is 25.1 Å². The molecule has 1 saturated carbocycles. The van der Waals surface area contributed by atoms with Crippen LogP contribution in [0.2, 0.25) is 0 Å². The number of pyridine rings is 1. The van der Waals surface area contributed by atoms with Crippen molar-refractivity contribution in [2.24, 2.45) is 11.8 Å². The summed E-state index contributed by atoms with van der Waals surface area (Å²) >= 11 is 0. The van der Waals surface area contributed by atoms with E-state index in [1.54, 1.807) is 0 Å². The molecule has 4 rings (SSSR count). The maximum Gasteiger partial charge on any atom is 0.328 e. The lowest BCUT2D eigenvalue weighted by molar-refractivity contribution is -0.155. The molecule has 2 fully saturated rings. The van der Waals surface area contributed by atoms with E-state index in [-0.39, 0.29) is 29.2 Å². The van der Waals surface area contributed by atoms with Crippen LogP contribution in [0, 0.1) is 11.8 Å². The summed E-state index contributed by atoms with van der Waals surface area (Å²) < 4.78 is 28.0. The van der Waals surface area contributed by atoms with Crippen molar-refractivity contribution in [2.75, 3.05) is 20.5 Å². The Bertz CT molecular complexity index is 1150. The van der Waals surface area contributed by atoms with E-state index in [4.69, 9.17) is 23.7 Å². The number of methoxy groups -OCH3 is 1. The molecule has 2 aliphatic rings. The van der Waals surface area contributed by atoms with Crippen molar-refractivity contribution in [3.05, 3.63) is 53.9 Å². The number of nitrogens with one attached hydrogen (secondary N) is 1. The van der Waals surface area contributed by atoms with Crippen LogP contribution in [0.15, 0.2) is 42.6 Å². The Kier molecular flexibility index (Phi) is 10.3. The van der Waals surface area contributed by atoms with Crippen molar-refractivity contribution in [1.29, 1.82) is 0 Å². The Balaban J connectivity index is 1.49. The number of carbonyl (C=O) groups is 3. The molecule has 1 saturated heterocycles. The number of hydrogen-bond acceptors (Lipinski definition) is 9. The van der Waals surface area contributed by atoms with Gasteiger partial charge < -0.3 is 29.0 Å². The zero-order valence-corrected chi connectivity index (χ0v) is 23.3. The molecule has 216 valence electrons. The number of esters is 2. The van der Waals surface area contributed by atoms with Crippen LogP contribution in [0.1, 0.15) is 62.0 Å². The molecule has 2 aromatic rings. The predicted molar refractivity (Wildman–Crippen MR) is 145 cm³/mol. The molecule has 10 nitrogen and oxygen atoms in total. The van der Waals surface area contributed by atoms with Gasteiger partial charge in [-0.15, -0.1) is 0 Å². The normalized spacial score (nSPS) is 23.1. The lowest BCUT2D eigenvalue weighted by atomic mass is 9.87. The van der Waals surface area contributed by atoms with Gasteiger partial charge >= 0.3 is 11.9 Å². The molecule has 2 heterocycles. The number of rotatable bonds is 11. The lowest BCUT2D eigenvalue weighted by Gasteiger charge is -2.31. The Morgan fingerprint density at radius 2 is 1.88 bits per heavy atom. The standard InChI is InChI=1S/C30H38N2O8/c1-19-23(16-21-8-5-4-6-9-21)25(37-17-22-12-13-22)11-7-10-24(30(35)40-19)32-29(34)27-28(39-18-38-20(2)33)26(36-3)14-15-31-27/h4-6,8-9,14-15,19,22-25H,7,10-13,16-18H2,1-3H3,(H,32,34)/t19-,23-,24-,25-/m0/s1. The van der Waals surface area contributed by atoms with Crippen LogP contribution in [0.25, 0.3) is 0 Å². The Labute approximate surface area is 234 Å². The first-order valence-electron chi connectivity index (χ1n) is 13.8. The molecule has 0 radical (unpaired) electrons. The molecule has 0 unspecified atom stereocenters. The number of hydrogen-bond donors (Lipinski definition) is 1. The van der Waals surface area contributed by atoms with Crippen LogP contribution in [0.4, 0.5) is 0 Å². The Hall–Kier alpha value is -3.66. The fourth-order valence-corrected chi connectivity index (χ4v) is 4.87. The van der Waals surface area contributed by atoms with Crippen molar-refractivity contribution in [3.63, 3.8) is 0 Å². The summed E-state index contributed by atoms with van der Waals surface area (Å²) in [5.74, 6) is -0.855. The molecule has 10 heteroatoms. The highest BCUT2D eigenvalue weighted by Gasteiger charge is 2.36. The maximum absolute atomic E-state index is 13.3. The van der Waals surface area contributed by atoms with Crippen LogP contribution < -0.4 is 14.8 Å². The fourth-order valence-electron chi connectivity index (χ4n) is 4.87. The van der Waals surface area contributed by atoms with Gasteiger partial charge in [0.15, 0.2) is 17.2 Å². The third-order valence-corrected chi connectivity index (χ3v) is 7.28. The molecule has 1 aromatic heterocycles. The highest BCUT2D eigenvalue weighted by Crippen LogP contribution is 2.33. The van der Waals surface area contributed by atoms with Gasteiger partial charge in [0.1, 0.15) is 12.1 Å². The van der Waals surface area contributed by atoms with Crippen molar-refractivity contribution >= 4 is 17.8 Å². The number of aromatic nitrogens is 1. The van der Waals surface area contributed by atoms with Crippen LogP contribution in [0.3, 0.4) is 0 Å². The molecule has 4 atom stereocenters. The first-order chi connectivity index (χ1) is 19.4. The van der Waals surface area contributed by atoms with E-state index < -0.39 is 36.8 Å². The van der Waals surface area contributed by atoms with Crippen molar-refractivity contribution in [2.45, 2.75) is 70.6 Å². The molecule has 1 N–H and O–H groups in total. The Morgan fingerprint density at radius 3 is 2.58 bits per heavy atom. The van der Waals surface area contributed by atoms with E-state index in [9.17, 15) is 14.4 Å². The second-order valence-electron chi connectivity index (χ2n) is 10.4. The molecule has 1 amide bonds. The third-order valence-electron chi connectivity index (χ3n) is 7.28. The number of cyclic esters (lactones) is 1.